The fraction of sp³-hybridized carbons (Fsp3) is 0.318. The highest BCUT2D eigenvalue weighted by molar-refractivity contribution is 5.63. The topological polar surface area (TPSA) is 119 Å². The van der Waals surface area contributed by atoms with Crippen molar-refractivity contribution in [2.45, 2.75) is 44.7 Å². The van der Waals surface area contributed by atoms with Crippen molar-refractivity contribution in [3.05, 3.63) is 54.6 Å². The first-order valence-electron chi connectivity index (χ1n) is 10.5. The Morgan fingerprint density at radius 2 is 1.74 bits per heavy atom. The zero-order valence-electron chi connectivity index (χ0n) is 17.4. The quantitative estimate of drug-likeness (QED) is 0.454. The van der Waals surface area contributed by atoms with E-state index in [2.05, 4.69) is 30.6 Å². The minimum absolute atomic E-state index is 0.327. The Morgan fingerprint density at radius 1 is 0.935 bits per heavy atom. The molecule has 0 unspecified atom stereocenters. The second-order valence-electron chi connectivity index (χ2n) is 7.97. The third-order valence-corrected chi connectivity index (χ3v) is 5.56. The SMILES string of the molecule is Cc1cccc(Nc2ncc(-c3cnc4ccc(NC5CCC(N)CC5)nn34)cn2)n1. The van der Waals surface area contributed by atoms with Gasteiger partial charge in [-0.2, -0.15) is 0 Å². The van der Waals surface area contributed by atoms with Crippen molar-refractivity contribution in [3.63, 3.8) is 0 Å². The molecule has 4 aromatic heterocycles. The molecule has 0 aromatic carbocycles. The molecule has 0 amide bonds. The Morgan fingerprint density at radius 3 is 2.52 bits per heavy atom. The molecule has 4 heterocycles. The lowest BCUT2D eigenvalue weighted by Crippen LogP contribution is -2.33. The molecular formula is C22H25N9. The van der Waals surface area contributed by atoms with E-state index in [1.165, 1.54) is 0 Å². The van der Waals surface area contributed by atoms with Gasteiger partial charge in [0.05, 0.1) is 11.9 Å². The molecule has 0 saturated heterocycles. The van der Waals surface area contributed by atoms with E-state index in [0.717, 1.165) is 54.1 Å². The predicted molar refractivity (Wildman–Crippen MR) is 120 cm³/mol. The molecule has 0 atom stereocenters. The number of fused-ring (bicyclic) bond motifs is 1. The molecule has 1 fully saturated rings. The zero-order chi connectivity index (χ0) is 21.2. The summed E-state index contributed by atoms with van der Waals surface area (Å²) in [5.74, 6) is 2.03. The molecule has 0 aliphatic heterocycles. The number of nitrogens with zero attached hydrogens (tertiary/aromatic N) is 6. The lowest BCUT2D eigenvalue weighted by Gasteiger charge is -2.27. The van der Waals surface area contributed by atoms with Gasteiger partial charge in [-0.05, 0) is 56.9 Å². The largest absolute Gasteiger partial charge is 0.366 e. The van der Waals surface area contributed by atoms with Gasteiger partial charge in [-0.15, -0.1) is 5.10 Å². The highest BCUT2D eigenvalue weighted by Gasteiger charge is 2.19. The predicted octanol–water partition coefficient (Wildman–Crippen LogP) is 3.32. The van der Waals surface area contributed by atoms with Gasteiger partial charge in [-0.1, -0.05) is 6.07 Å². The van der Waals surface area contributed by atoms with Gasteiger partial charge in [0, 0.05) is 35.7 Å². The Hall–Kier alpha value is -3.59. The second kappa shape index (κ2) is 8.27. The number of nitrogens with two attached hydrogens (primary N) is 1. The van der Waals surface area contributed by atoms with E-state index < -0.39 is 0 Å². The number of pyridine rings is 1. The number of anilines is 3. The molecule has 9 nitrogen and oxygen atoms in total. The molecule has 4 aromatic rings. The Kier molecular flexibility index (Phi) is 5.17. The highest BCUT2D eigenvalue weighted by Crippen LogP contribution is 2.23. The molecule has 9 heteroatoms. The summed E-state index contributed by atoms with van der Waals surface area (Å²) in [7, 11) is 0. The molecule has 31 heavy (non-hydrogen) atoms. The molecule has 5 rings (SSSR count). The minimum atomic E-state index is 0.327. The number of aryl methyl sites for hydroxylation is 1. The van der Waals surface area contributed by atoms with E-state index in [4.69, 9.17) is 10.8 Å². The van der Waals surface area contributed by atoms with Gasteiger partial charge in [0.15, 0.2) is 5.65 Å². The molecule has 1 aliphatic rings. The van der Waals surface area contributed by atoms with Gasteiger partial charge in [0.25, 0.3) is 0 Å². The molecule has 0 bridgehead atoms. The van der Waals surface area contributed by atoms with E-state index in [1.807, 2.05) is 41.8 Å². The van der Waals surface area contributed by atoms with Crippen LogP contribution in [-0.2, 0) is 0 Å². The van der Waals surface area contributed by atoms with Crippen LogP contribution in [0.3, 0.4) is 0 Å². The summed E-state index contributed by atoms with van der Waals surface area (Å²) >= 11 is 0. The van der Waals surface area contributed by atoms with Crippen LogP contribution in [0.15, 0.2) is 48.9 Å². The molecule has 0 radical (unpaired) electrons. The van der Waals surface area contributed by atoms with E-state index >= 15 is 0 Å². The maximum atomic E-state index is 6.02. The van der Waals surface area contributed by atoms with Crippen molar-refractivity contribution in [2.24, 2.45) is 5.73 Å². The molecule has 1 saturated carbocycles. The third-order valence-electron chi connectivity index (χ3n) is 5.56. The van der Waals surface area contributed by atoms with Crippen molar-refractivity contribution in [2.75, 3.05) is 10.6 Å². The summed E-state index contributed by atoms with van der Waals surface area (Å²) in [6.45, 7) is 1.94. The van der Waals surface area contributed by atoms with Crippen molar-refractivity contribution in [1.29, 1.82) is 0 Å². The van der Waals surface area contributed by atoms with E-state index in [0.29, 0.717) is 23.8 Å². The summed E-state index contributed by atoms with van der Waals surface area (Å²) < 4.78 is 1.82. The molecule has 4 N–H and O–H groups in total. The van der Waals surface area contributed by atoms with Crippen molar-refractivity contribution in [3.8, 4) is 11.3 Å². The summed E-state index contributed by atoms with van der Waals surface area (Å²) in [5, 5.41) is 11.4. The van der Waals surface area contributed by atoms with Crippen LogP contribution >= 0.6 is 0 Å². The fourth-order valence-corrected chi connectivity index (χ4v) is 3.87. The summed E-state index contributed by atoms with van der Waals surface area (Å²) in [5.41, 5.74) is 9.40. The Bertz CT molecular complexity index is 1180. The smallest absolute Gasteiger partial charge is 0.228 e. The van der Waals surface area contributed by atoms with Crippen LogP contribution in [0.5, 0.6) is 0 Å². The van der Waals surface area contributed by atoms with E-state index in [1.54, 1.807) is 18.6 Å². The first-order valence-corrected chi connectivity index (χ1v) is 10.5. The van der Waals surface area contributed by atoms with Crippen LogP contribution < -0.4 is 16.4 Å². The molecule has 1 aliphatic carbocycles. The van der Waals surface area contributed by atoms with E-state index in [9.17, 15) is 0 Å². The molecule has 158 valence electrons. The zero-order valence-corrected chi connectivity index (χ0v) is 17.4. The number of aromatic nitrogens is 6. The number of rotatable bonds is 5. The minimum Gasteiger partial charge on any atom is -0.366 e. The first-order chi connectivity index (χ1) is 15.1. The number of hydrogen-bond acceptors (Lipinski definition) is 8. The Labute approximate surface area is 180 Å². The Balaban J connectivity index is 1.35. The van der Waals surface area contributed by atoms with Gasteiger partial charge in [0.2, 0.25) is 5.95 Å². The highest BCUT2D eigenvalue weighted by atomic mass is 15.3. The van der Waals surface area contributed by atoms with Gasteiger partial charge in [-0.3, -0.25) is 0 Å². The van der Waals surface area contributed by atoms with Gasteiger partial charge < -0.3 is 16.4 Å². The molecule has 0 spiro atoms. The number of hydrogen-bond donors (Lipinski definition) is 3. The maximum Gasteiger partial charge on any atom is 0.228 e. The average molecular weight is 416 g/mol. The second-order valence-corrected chi connectivity index (χ2v) is 7.97. The van der Waals surface area contributed by atoms with Crippen molar-refractivity contribution < 1.29 is 0 Å². The van der Waals surface area contributed by atoms with Crippen LogP contribution in [-0.4, -0.2) is 41.6 Å². The average Bonchev–Trinajstić information content (AvgIpc) is 3.19. The van der Waals surface area contributed by atoms with Crippen LogP contribution in [0.4, 0.5) is 17.6 Å². The van der Waals surface area contributed by atoms with Crippen molar-refractivity contribution in [1.82, 2.24) is 29.5 Å². The van der Waals surface area contributed by atoms with Gasteiger partial charge in [-0.25, -0.2) is 24.5 Å². The van der Waals surface area contributed by atoms with Crippen LogP contribution in [0, 0.1) is 6.92 Å². The normalized spacial score (nSPS) is 18.8. The summed E-state index contributed by atoms with van der Waals surface area (Å²) in [6, 6.07) is 10.4. The summed E-state index contributed by atoms with van der Waals surface area (Å²) in [4.78, 5) is 17.7. The third kappa shape index (κ3) is 4.31. The van der Waals surface area contributed by atoms with Crippen LogP contribution in [0.2, 0.25) is 0 Å². The monoisotopic (exact) mass is 415 g/mol. The van der Waals surface area contributed by atoms with Crippen molar-refractivity contribution >= 4 is 23.2 Å². The maximum absolute atomic E-state index is 6.02. The van der Waals surface area contributed by atoms with Gasteiger partial charge >= 0.3 is 0 Å². The summed E-state index contributed by atoms with van der Waals surface area (Å²) in [6.07, 6.45) is 9.54. The van der Waals surface area contributed by atoms with Gasteiger partial charge in [0.1, 0.15) is 11.6 Å². The number of nitrogens with one attached hydrogen (secondary N) is 2. The standard InChI is InChI=1S/C22H25N9/c1-14-3-2-4-19(27-14)29-22-25-11-15(12-26-22)18-13-24-21-10-9-20(30-31(18)21)28-17-7-5-16(23)6-8-17/h2-4,9-13,16-17H,5-8,23H2,1H3,(H,28,30)(H,25,26,27,29). The first kappa shape index (κ1) is 19.4. The molecular weight excluding hydrogens is 390 g/mol. The van der Waals surface area contributed by atoms with Crippen LogP contribution in [0.25, 0.3) is 16.9 Å². The number of imidazole rings is 1. The lowest BCUT2D eigenvalue weighted by atomic mass is 9.92. The van der Waals surface area contributed by atoms with E-state index in [-0.39, 0.29) is 0 Å². The lowest BCUT2D eigenvalue weighted by molar-refractivity contribution is 0.410. The van der Waals surface area contributed by atoms with Crippen LogP contribution in [0.1, 0.15) is 31.4 Å². The fourth-order valence-electron chi connectivity index (χ4n) is 3.87.